The molecule has 0 aliphatic rings. The number of methoxy groups -OCH3 is 1. The Hall–Kier alpha value is -2.15. The van der Waals surface area contributed by atoms with Gasteiger partial charge in [-0.2, -0.15) is 0 Å². The van der Waals surface area contributed by atoms with Crippen LogP contribution in [0.2, 0.25) is 0 Å². The summed E-state index contributed by atoms with van der Waals surface area (Å²) >= 11 is 1.25. The summed E-state index contributed by atoms with van der Waals surface area (Å²) in [5, 5.41) is 10.4. The average molecular weight is 279 g/mol. The Balaban J connectivity index is 2.00. The zero-order valence-corrected chi connectivity index (χ0v) is 11.3. The SMILES string of the molecule is COc1ccccc1OC(C)C(=O)Nc1nncs1. The second-order valence-electron chi connectivity index (χ2n) is 3.64. The van der Waals surface area contributed by atoms with E-state index in [1.54, 1.807) is 31.7 Å². The van der Waals surface area contributed by atoms with Gasteiger partial charge in [-0.3, -0.25) is 10.1 Å². The van der Waals surface area contributed by atoms with E-state index in [4.69, 9.17) is 9.47 Å². The van der Waals surface area contributed by atoms with Gasteiger partial charge in [-0.15, -0.1) is 10.2 Å². The second kappa shape index (κ2) is 6.14. The highest BCUT2D eigenvalue weighted by molar-refractivity contribution is 7.13. The zero-order chi connectivity index (χ0) is 13.7. The van der Waals surface area contributed by atoms with Gasteiger partial charge in [0.2, 0.25) is 5.13 Å². The first kappa shape index (κ1) is 13.3. The molecule has 1 aromatic heterocycles. The molecular formula is C12H13N3O3S. The number of amides is 1. The topological polar surface area (TPSA) is 73.3 Å². The minimum Gasteiger partial charge on any atom is -0.493 e. The molecule has 0 fully saturated rings. The Kier molecular flexibility index (Phi) is 4.30. The van der Waals surface area contributed by atoms with Crippen LogP contribution in [-0.2, 0) is 4.79 Å². The summed E-state index contributed by atoms with van der Waals surface area (Å²) in [5.74, 6) is 0.811. The predicted molar refractivity (Wildman–Crippen MR) is 71.6 cm³/mol. The summed E-state index contributed by atoms with van der Waals surface area (Å²) in [5.41, 5.74) is 1.54. The number of carbonyl (C=O) groups is 1. The lowest BCUT2D eigenvalue weighted by Crippen LogP contribution is -2.30. The first-order chi connectivity index (χ1) is 9.20. The minimum absolute atomic E-state index is 0.289. The van der Waals surface area contributed by atoms with Gasteiger partial charge in [-0.05, 0) is 19.1 Å². The molecule has 0 spiro atoms. The number of carbonyl (C=O) groups excluding carboxylic acids is 1. The minimum atomic E-state index is -0.666. The molecule has 6 nitrogen and oxygen atoms in total. The van der Waals surface area contributed by atoms with Crippen LogP contribution in [0.5, 0.6) is 11.5 Å². The molecule has 19 heavy (non-hydrogen) atoms. The fourth-order valence-electron chi connectivity index (χ4n) is 1.39. The number of anilines is 1. The lowest BCUT2D eigenvalue weighted by Gasteiger charge is -2.15. The maximum absolute atomic E-state index is 11.9. The molecule has 2 rings (SSSR count). The molecule has 100 valence electrons. The van der Waals surface area contributed by atoms with Gasteiger partial charge in [0.25, 0.3) is 5.91 Å². The summed E-state index contributed by atoms with van der Waals surface area (Å²) in [7, 11) is 1.55. The molecule has 0 radical (unpaired) electrons. The first-order valence-corrected chi connectivity index (χ1v) is 6.45. The third kappa shape index (κ3) is 3.41. The Bertz CT molecular complexity index is 545. The molecule has 1 amide bonds. The highest BCUT2D eigenvalue weighted by Gasteiger charge is 2.17. The molecule has 0 bridgehead atoms. The number of aromatic nitrogens is 2. The standard InChI is InChI=1S/C12H13N3O3S/c1-8(11(16)14-12-15-13-7-19-12)18-10-6-4-3-5-9(10)17-2/h3-8H,1-2H3,(H,14,15,16). The largest absolute Gasteiger partial charge is 0.493 e. The molecular weight excluding hydrogens is 266 g/mol. The summed E-state index contributed by atoms with van der Waals surface area (Å²) in [6.45, 7) is 1.66. The van der Waals surface area contributed by atoms with Crippen molar-refractivity contribution in [3.63, 3.8) is 0 Å². The quantitative estimate of drug-likeness (QED) is 0.905. The molecule has 0 aliphatic carbocycles. The second-order valence-corrected chi connectivity index (χ2v) is 4.48. The third-order valence-electron chi connectivity index (χ3n) is 2.33. The number of ether oxygens (including phenoxy) is 2. The van der Waals surface area contributed by atoms with Gasteiger partial charge in [-0.1, -0.05) is 23.5 Å². The molecule has 0 saturated heterocycles. The fourth-order valence-corrected chi connectivity index (χ4v) is 1.84. The van der Waals surface area contributed by atoms with E-state index in [-0.39, 0.29) is 5.91 Å². The van der Waals surface area contributed by atoms with Crippen molar-refractivity contribution in [1.82, 2.24) is 10.2 Å². The molecule has 1 heterocycles. The first-order valence-electron chi connectivity index (χ1n) is 5.57. The van der Waals surface area contributed by atoms with Crippen molar-refractivity contribution in [2.45, 2.75) is 13.0 Å². The van der Waals surface area contributed by atoms with E-state index in [0.717, 1.165) is 0 Å². The van der Waals surface area contributed by atoms with Crippen molar-refractivity contribution < 1.29 is 14.3 Å². The molecule has 7 heteroatoms. The normalized spacial score (nSPS) is 11.7. The van der Waals surface area contributed by atoms with Gasteiger partial charge < -0.3 is 9.47 Å². The van der Waals surface area contributed by atoms with Gasteiger partial charge in [0.05, 0.1) is 7.11 Å². The summed E-state index contributed by atoms with van der Waals surface area (Å²) < 4.78 is 10.7. The number of benzene rings is 1. The summed E-state index contributed by atoms with van der Waals surface area (Å²) in [6, 6.07) is 7.16. The van der Waals surface area contributed by atoms with Crippen molar-refractivity contribution in [2.24, 2.45) is 0 Å². The lowest BCUT2D eigenvalue weighted by atomic mass is 10.3. The predicted octanol–water partition coefficient (Wildman–Crippen LogP) is 1.95. The van der Waals surface area contributed by atoms with Crippen molar-refractivity contribution in [2.75, 3.05) is 12.4 Å². The molecule has 1 N–H and O–H groups in total. The van der Waals surface area contributed by atoms with Crippen LogP contribution in [0.3, 0.4) is 0 Å². The maximum Gasteiger partial charge on any atom is 0.266 e. The lowest BCUT2D eigenvalue weighted by molar-refractivity contribution is -0.122. The number of hydrogen-bond donors (Lipinski definition) is 1. The summed E-state index contributed by atoms with van der Waals surface area (Å²) in [4.78, 5) is 11.9. The van der Waals surface area contributed by atoms with Crippen LogP contribution in [0, 0.1) is 0 Å². The van der Waals surface area contributed by atoms with Crippen LogP contribution in [0.15, 0.2) is 29.8 Å². The molecule has 1 atom stereocenters. The van der Waals surface area contributed by atoms with E-state index < -0.39 is 6.10 Å². The molecule has 1 aromatic carbocycles. The summed E-state index contributed by atoms with van der Waals surface area (Å²) in [6.07, 6.45) is -0.666. The van der Waals surface area contributed by atoms with Gasteiger partial charge in [0.15, 0.2) is 17.6 Å². The average Bonchev–Trinajstić information content (AvgIpc) is 2.92. The Morgan fingerprint density at radius 2 is 2.11 bits per heavy atom. The van der Waals surface area contributed by atoms with Gasteiger partial charge in [0.1, 0.15) is 5.51 Å². The van der Waals surface area contributed by atoms with Crippen molar-refractivity contribution >= 4 is 22.4 Å². The van der Waals surface area contributed by atoms with Crippen molar-refractivity contribution in [3.8, 4) is 11.5 Å². The van der Waals surface area contributed by atoms with Crippen LogP contribution in [0.4, 0.5) is 5.13 Å². The highest BCUT2D eigenvalue weighted by Crippen LogP contribution is 2.26. The molecule has 0 saturated carbocycles. The molecule has 0 aliphatic heterocycles. The number of nitrogens with zero attached hydrogens (tertiary/aromatic N) is 2. The van der Waals surface area contributed by atoms with Crippen molar-refractivity contribution in [1.29, 1.82) is 0 Å². The van der Waals surface area contributed by atoms with E-state index in [2.05, 4.69) is 15.5 Å². The van der Waals surface area contributed by atoms with Gasteiger partial charge in [-0.25, -0.2) is 0 Å². The van der Waals surface area contributed by atoms with Crippen molar-refractivity contribution in [3.05, 3.63) is 29.8 Å². The number of nitrogens with one attached hydrogen (secondary N) is 1. The van der Waals surface area contributed by atoms with E-state index >= 15 is 0 Å². The van der Waals surface area contributed by atoms with Crippen LogP contribution in [0.25, 0.3) is 0 Å². The van der Waals surface area contributed by atoms with Gasteiger partial charge >= 0.3 is 0 Å². The van der Waals surface area contributed by atoms with Crippen LogP contribution >= 0.6 is 11.3 Å². The highest BCUT2D eigenvalue weighted by atomic mass is 32.1. The van der Waals surface area contributed by atoms with Crippen LogP contribution < -0.4 is 14.8 Å². The van der Waals surface area contributed by atoms with Crippen LogP contribution in [0.1, 0.15) is 6.92 Å². The fraction of sp³-hybridized carbons (Fsp3) is 0.250. The monoisotopic (exact) mass is 279 g/mol. The maximum atomic E-state index is 11.9. The number of hydrogen-bond acceptors (Lipinski definition) is 6. The van der Waals surface area contributed by atoms with E-state index in [1.165, 1.54) is 11.3 Å². The Morgan fingerprint density at radius 1 is 1.37 bits per heavy atom. The molecule has 1 unspecified atom stereocenters. The zero-order valence-electron chi connectivity index (χ0n) is 10.5. The number of para-hydroxylation sites is 2. The Labute approximate surface area is 114 Å². The Morgan fingerprint density at radius 3 is 2.74 bits per heavy atom. The van der Waals surface area contributed by atoms with Gasteiger partial charge in [0, 0.05) is 0 Å². The third-order valence-corrected chi connectivity index (χ3v) is 2.94. The molecule has 2 aromatic rings. The van der Waals surface area contributed by atoms with E-state index in [9.17, 15) is 4.79 Å². The van der Waals surface area contributed by atoms with E-state index in [1.807, 2.05) is 12.1 Å². The number of rotatable bonds is 5. The smallest absolute Gasteiger partial charge is 0.266 e. The van der Waals surface area contributed by atoms with Crippen LogP contribution in [-0.4, -0.2) is 29.3 Å². The van der Waals surface area contributed by atoms with E-state index in [0.29, 0.717) is 16.6 Å².